The highest BCUT2D eigenvalue weighted by Gasteiger charge is 2.13. The fourth-order valence-corrected chi connectivity index (χ4v) is 2.80. The van der Waals surface area contributed by atoms with Gasteiger partial charge in [-0.1, -0.05) is 30.3 Å². The predicted molar refractivity (Wildman–Crippen MR) is 91.6 cm³/mol. The summed E-state index contributed by atoms with van der Waals surface area (Å²) in [5, 5.41) is 19.8. The maximum Gasteiger partial charge on any atom is 0.293 e. The van der Waals surface area contributed by atoms with E-state index in [1.807, 2.05) is 30.3 Å². The Morgan fingerprint density at radius 2 is 2.13 bits per heavy atom. The molecule has 1 amide bonds. The lowest BCUT2D eigenvalue weighted by Gasteiger charge is -2.04. The van der Waals surface area contributed by atoms with E-state index in [2.05, 4.69) is 31.6 Å². The monoisotopic (exact) mass is 372 g/mol. The number of hydrogen-bond acceptors (Lipinski definition) is 4. The number of hydrogen-bond donors (Lipinski definition) is 2. The highest BCUT2D eigenvalue weighted by atomic mass is 79.9. The zero-order chi connectivity index (χ0) is 16.4. The molecule has 116 valence electrons. The van der Waals surface area contributed by atoms with E-state index in [-0.39, 0.29) is 11.4 Å². The van der Waals surface area contributed by atoms with Crippen LogP contribution in [0.4, 0.5) is 0 Å². The third-order valence-electron chi connectivity index (χ3n) is 3.31. The third kappa shape index (κ3) is 3.09. The lowest BCUT2D eigenvalue weighted by atomic mass is 10.0. The molecular weight excluding hydrogens is 360 g/mol. The molecular formula is C16H13BrN4O2. The van der Waals surface area contributed by atoms with Crippen LogP contribution in [0.5, 0.6) is 5.75 Å². The van der Waals surface area contributed by atoms with E-state index in [1.54, 1.807) is 19.3 Å². The number of halogens is 1. The molecule has 0 unspecified atom stereocenters. The number of amides is 1. The summed E-state index contributed by atoms with van der Waals surface area (Å²) in [5.74, 6) is -0.339. The quantitative estimate of drug-likeness (QED) is 0.547. The Balaban J connectivity index is 1.85. The summed E-state index contributed by atoms with van der Waals surface area (Å²) < 4.78 is 2.11. The van der Waals surface area contributed by atoms with Crippen molar-refractivity contribution in [2.75, 3.05) is 0 Å². The van der Waals surface area contributed by atoms with Crippen LogP contribution in [-0.4, -0.2) is 27.0 Å². The van der Waals surface area contributed by atoms with E-state index in [0.29, 0.717) is 10.0 Å². The molecule has 0 spiro atoms. The first-order chi connectivity index (χ1) is 11.1. The van der Waals surface area contributed by atoms with Crippen LogP contribution in [0.2, 0.25) is 0 Å². The van der Waals surface area contributed by atoms with Gasteiger partial charge in [0.1, 0.15) is 5.75 Å². The number of nitrogens with zero attached hydrogens (tertiary/aromatic N) is 3. The minimum absolute atomic E-state index is 0.0979. The molecule has 6 nitrogen and oxygen atoms in total. The first-order valence-corrected chi connectivity index (χ1v) is 7.59. The molecule has 1 heterocycles. The summed E-state index contributed by atoms with van der Waals surface area (Å²) in [5.41, 5.74) is 3.19. The molecule has 0 aliphatic rings. The Morgan fingerprint density at radius 1 is 1.35 bits per heavy atom. The van der Waals surface area contributed by atoms with E-state index in [4.69, 9.17) is 0 Å². The predicted octanol–water partition coefficient (Wildman–Crippen LogP) is 2.81. The molecule has 2 N–H and O–H groups in total. The number of hydrazone groups is 1. The summed E-state index contributed by atoms with van der Waals surface area (Å²) in [6, 6.07) is 11.0. The molecule has 3 aromatic rings. The summed E-state index contributed by atoms with van der Waals surface area (Å²) >= 11 is 3.26. The van der Waals surface area contributed by atoms with Crippen molar-refractivity contribution in [1.29, 1.82) is 0 Å². The fraction of sp³-hybridized carbons (Fsp3) is 0.0625. The van der Waals surface area contributed by atoms with E-state index >= 15 is 0 Å². The summed E-state index contributed by atoms with van der Waals surface area (Å²) in [6.45, 7) is 0. The van der Waals surface area contributed by atoms with E-state index in [1.165, 1.54) is 10.9 Å². The number of carbonyl (C=O) groups is 1. The van der Waals surface area contributed by atoms with Crippen LogP contribution in [0, 0.1) is 0 Å². The molecule has 23 heavy (non-hydrogen) atoms. The molecule has 0 fully saturated rings. The second kappa shape index (κ2) is 6.21. The minimum atomic E-state index is -0.437. The standard InChI is InChI=1S/C16H13BrN4O2/c1-21-9-13(17)15(20-21)16(23)19-18-8-12-11-5-3-2-4-10(11)6-7-14(12)22/h2-9,22H,1H3,(H,19,23). The van der Waals surface area contributed by atoms with Crippen molar-refractivity contribution in [2.45, 2.75) is 0 Å². The van der Waals surface area contributed by atoms with Crippen LogP contribution in [0.15, 0.2) is 52.2 Å². The van der Waals surface area contributed by atoms with Crippen molar-refractivity contribution in [3.63, 3.8) is 0 Å². The van der Waals surface area contributed by atoms with Crippen molar-refractivity contribution in [2.24, 2.45) is 12.1 Å². The fourth-order valence-electron chi connectivity index (χ4n) is 2.24. The molecule has 0 saturated heterocycles. The van der Waals surface area contributed by atoms with Crippen molar-refractivity contribution in [3.8, 4) is 5.75 Å². The molecule has 7 heteroatoms. The second-order valence-electron chi connectivity index (χ2n) is 4.92. The van der Waals surface area contributed by atoms with Gasteiger partial charge >= 0.3 is 0 Å². The lowest BCUT2D eigenvalue weighted by Crippen LogP contribution is -2.19. The Bertz CT molecular complexity index is 918. The van der Waals surface area contributed by atoms with Gasteiger partial charge in [0.05, 0.1) is 10.7 Å². The topological polar surface area (TPSA) is 79.5 Å². The number of phenols is 1. The van der Waals surface area contributed by atoms with Crippen molar-refractivity contribution >= 4 is 38.8 Å². The summed E-state index contributed by atoms with van der Waals surface area (Å²) in [6.07, 6.45) is 3.10. The van der Waals surface area contributed by atoms with Crippen LogP contribution >= 0.6 is 15.9 Å². The molecule has 0 radical (unpaired) electrons. The molecule has 1 aromatic heterocycles. The Labute approximate surface area is 140 Å². The molecule has 0 saturated carbocycles. The van der Waals surface area contributed by atoms with Gasteiger partial charge in [-0.05, 0) is 32.8 Å². The van der Waals surface area contributed by atoms with Crippen LogP contribution in [0.1, 0.15) is 16.1 Å². The summed E-state index contributed by atoms with van der Waals surface area (Å²) in [4.78, 5) is 12.0. The highest BCUT2D eigenvalue weighted by Crippen LogP contribution is 2.25. The third-order valence-corrected chi connectivity index (χ3v) is 3.89. The average molecular weight is 373 g/mol. The number of rotatable bonds is 3. The van der Waals surface area contributed by atoms with Gasteiger partial charge in [0.15, 0.2) is 5.69 Å². The van der Waals surface area contributed by atoms with Gasteiger partial charge in [-0.15, -0.1) is 0 Å². The Morgan fingerprint density at radius 3 is 2.87 bits per heavy atom. The number of phenolic OH excluding ortho intramolecular Hbond substituents is 1. The normalized spacial score (nSPS) is 11.2. The number of fused-ring (bicyclic) bond motifs is 1. The smallest absolute Gasteiger partial charge is 0.293 e. The number of aromatic hydroxyl groups is 1. The second-order valence-corrected chi connectivity index (χ2v) is 5.77. The van der Waals surface area contributed by atoms with Gasteiger partial charge in [0.25, 0.3) is 5.91 Å². The van der Waals surface area contributed by atoms with Crippen molar-refractivity contribution < 1.29 is 9.90 Å². The number of nitrogens with one attached hydrogen (secondary N) is 1. The van der Waals surface area contributed by atoms with E-state index in [9.17, 15) is 9.90 Å². The minimum Gasteiger partial charge on any atom is -0.507 e. The van der Waals surface area contributed by atoms with Gasteiger partial charge in [-0.3, -0.25) is 9.48 Å². The number of aromatic nitrogens is 2. The van der Waals surface area contributed by atoms with Crippen LogP contribution in [0.3, 0.4) is 0 Å². The highest BCUT2D eigenvalue weighted by molar-refractivity contribution is 9.10. The molecule has 2 aromatic carbocycles. The van der Waals surface area contributed by atoms with E-state index < -0.39 is 5.91 Å². The number of aryl methyl sites for hydroxylation is 1. The van der Waals surface area contributed by atoms with Gasteiger partial charge in [-0.25, -0.2) is 5.43 Å². The van der Waals surface area contributed by atoms with Crippen LogP contribution in [0.25, 0.3) is 10.8 Å². The lowest BCUT2D eigenvalue weighted by molar-refractivity contribution is 0.0948. The van der Waals surface area contributed by atoms with Gasteiger partial charge in [0.2, 0.25) is 0 Å². The Hall–Kier alpha value is -2.67. The van der Waals surface area contributed by atoms with Crippen LogP contribution < -0.4 is 5.43 Å². The van der Waals surface area contributed by atoms with Crippen molar-refractivity contribution in [1.82, 2.24) is 15.2 Å². The SMILES string of the molecule is Cn1cc(Br)c(C(=O)NN=Cc2c(O)ccc3ccccc23)n1. The molecule has 0 atom stereocenters. The summed E-state index contributed by atoms with van der Waals surface area (Å²) in [7, 11) is 1.72. The number of carbonyl (C=O) groups excluding carboxylic acids is 1. The van der Waals surface area contributed by atoms with Gasteiger partial charge in [-0.2, -0.15) is 10.2 Å². The first-order valence-electron chi connectivity index (χ1n) is 6.79. The molecule has 0 aliphatic carbocycles. The Kier molecular flexibility index (Phi) is 4.12. The first kappa shape index (κ1) is 15.2. The maximum absolute atomic E-state index is 12.0. The van der Waals surface area contributed by atoms with Gasteiger partial charge in [0, 0.05) is 18.8 Å². The molecule has 0 aliphatic heterocycles. The van der Waals surface area contributed by atoms with Gasteiger partial charge < -0.3 is 5.11 Å². The maximum atomic E-state index is 12.0. The largest absolute Gasteiger partial charge is 0.507 e. The zero-order valence-corrected chi connectivity index (χ0v) is 13.8. The molecule has 3 rings (SSSR count). The number of benzene rings is 2. The van der Waals surface area contributed by atoms with Crippen LogP contribution in [-0.2, 0) is 7.05 Å². The van der Waals surface area contributed by atoms with E-state index in [0.717, 1.165) is 10.8 Å². The average Bonchev–Trinajstić information content (AvgIpc) is 2.88. The molecule has 0 bridgehead atoms. The zero-order valence-electron chi connectivity index (χ0n) is 12.2. The van der Waals surface area contributed by atoms with Crippen molar-refractivity contribution in [3.05, 3.63) is 58.3 Å².